The van der Waals surface area contributed by atoms with Crippen LogP contribution in [0, 0.1) is 0 Å². The van der Waals surface area contributed by atoms with E-state index in [1.807, 2.05) is 24.3 Å². The van der Waals surface area contributed by atoms with Gasteiger partial charge < -0.3 is 10.2 Å². The number of hydrogen-bond donors (Lipinski definition) is 1. The monoisotopic (exact) mass is 294 g/mol. The summed E-state index contributed by atoms with van der Waals surface area (Å²) in [4.78, 5) is 24.1. The summed E-state index contributed by atoms with van der Waals surface area (Å²) in [6, 6.07) is 9.13. The maximum atomic E-state index is 11.0. The van der Waals surface area contributed by atoms with Gasteiger partial charge in [-0.15, -0.1) is 0 Å². The van der Waals surface area contributed by atoms with Crippen LogP contribution in [0.15, 0.2) is 53.4 Å². The van der Waals surface area contributed by atoms with Crippen molar-refractivity contribution in [1.29, 1.82) is 0 Å². The first-order valence-corrected chi connectivity index (χ1v) is 6.83. The van der Waals surface area contributed by atoms with Gasteiger partial charge in [-0.2, -0.15) is 0 Å². The number of carbonyl (C=O) groups excluding carboxylic acids is 1. The maximum absolute atomic E-state index is 11.0. The maximum Gasteiger partial charge on any atom is 0.217 e. The molecule has 0 spiro atoms. The van der Waals surface area contributed by atoms with Gasteiger partial charge in [-0.25, -0.2) is 9.97 Å². The van der Waals surface area contributed by atoms with Gasteiger partial charge in [-0.3, -0.25) is 9.78 Å². The number of carbonyl (C=O) groups is 1. The lowest BCUT2D eigenvalue weighted by molar-refractivity contribution is -0.118. The second kappa shape index (κ2) is 6.17. The fourth-order valence-electron chi connectivity index (χ4n) is 2.05. The Balaban J connectivity index is 2.03. The molecule has 22 heavy (non-hydrogen) atoms. The summed E-state index contributed by atoms with van der Waals surface area (Å²) in [7, 11) is 0. The molecular formula is C16H14N4O2. The molecule has 6 heteroatoms. The third-order valence-electron chi connectivity index (χ3n) is 3.10. The second-order valence-corrected chi connectivity index (χ2v) is 4.75. The zero-order chi connectivity index (χ0) is 15.4. The van der Waals surface area contributed by atoms with E-state index < -0.39 is 0 Å². The smallest absolute Gasteiger partial charge is 0.217 e. The number of hydrogen-bond acceptors (Lipinski definition) is 5. The third-order valence-corrected chi connectivity index (χ3v) is 3.10. The first-order chi connectivity index (χ1) is 10.7. The molecule has 0 radical (unpaired) electrons. The SMILES string of the molecule is NC(=O)CCc1cc(-c2ccco2)nc(-c2cccnc2)n1. The van der Waals surface area contributed by atoms with E-state index >= 15 is 0 Å². The summed E-state index contributed by atoms with van der Waals surface area (Å²) in [6.07, 6.45) is 5.66. The average Bonchev–Trinajstić information content (AvgIpc) is 3.08. The summed E-state index contributed by atoms with van der Waals surface area (Å²) >= 11 is 0. The quantitative estimate of drug-likeness (QED) is 0.778. The van der Waals surface area contributed by atoms with E-state index in [9.17, 15) is 4.79 Å². The Morgan fingerprint density at radius 1 is 1.23 bits per heavy atom. The summed E-state index contributed by atoms with van der Waals surface area (Å²) in [5.74, 6) is 0.829. The van der Waals surface area contributed by atoms with Crippen molar-refractivity contribution >= 4 is 5.91 Å². The molecule has 0 aromatic carbocycles. The molecule has 0 aliphatic carbocycles. The fraction of sp³-hybridized carbons (Fsp3) is 0.125. The summed E-state index contributed by atoms with van der Waals surface area (Å²) in [5.41, 5.74) is 7.41. The van der Waals surface area contributed by atoms with Gasteiger partial charge >= 0.3 is 0 Å². The molecule has 110 valence electrons. The largest absolute Gasteiger partial charge is 0.463 e. The average molecular weight is 294 g/mol. The normalized spacial score (nSPS) is 10.5. The van der Waals surface area contributed by atoms with Crippen LogP contribution in [0.2, 0.25) is 0 Å². The summed E-state index contributed by atoms with van der Waals surface area (Å²) in [6.45, 7) is 0. The second-order valence-electron chi connectivity index (χ2n) is 4.75. The van der Waals surface area contributed by atoms with Crippen molar-refractivity contribution in [3.63, 3.8) is 0 Å². The molecule has 3 aromatic rings. The number of pyridine rings is 1. The molecule has 3 rings (SSSR count). The number of nitrogens with zero attached hydrogens (tertiary/aromatic N) is 3. The molecule has 0 aliphatic rings. The van der Waals surface area contributed by atoms with E-state index in [-0.39, 0.29) is 12.3 Å². The molecule has 0 aliphatic heterocycles. The molecule has 2 N–H and O–H groups in total. The van der Waals surface area contributed by atoms with E-state index in [0.717, 1.165) is 11.3 Å². The summed E-state index contributed by atoms with van der Waals surface area (Å²) in [5, 5.41) is 0. The van der Waals surface area contributed by atoms with Crippen molar-refractivity contribution in [3.05, 3.63) is 54.7 Å². The molecule has 3 heterocycles. The predicted molar refractivity (Wildman–Crippen MR) is 80.5 cm³/mol. The van der Waals surface area contributed by atoms with Crippen LogP contribution in [0.4, 0.5) is 0 Å². The Hall–Kier alpha value is -3.02. The zero-order valence-corrected chi connectivity index (χ0v) is 11.8. The van der Waals surface area contributed by atoms with Gasteiger partial charge in [-0.05, 0) is 36.8 Å². The molecular weight excluding hydrogens is 280 g/mol. The number of aryl methyl sites for hydroxylation is 1. The molecule has 0 bridgehead atoms. The number of primary amides is 1. The molecule has 0 saturated heterocycles. The van der Waals surface area contributed by atoms with Crippen LogP contribution < -0.4 is 5.73 Å². The number of nitrogens with two attached hydrogens (primary N) is 1. The first-order valence-electron chi connectivity index (χ1n) is 6.83. The van der Waals surface area contributed by atoms with Gasteiger partial charge in [0.1, 0.15) is 5.69 Å². The first kappa shape index (κ1) is 13.9. The molecule has 6 nitrogen and oxygen atoms in total. The highest BCUT2D eigenvalue weighted by Crippen LogP contribution is 2.22. The predicted octanol–water partition coefficient (Wildman–Crippen LogP) is 2.22. The minimum absolute atomic E-state index is 0.237. The number of rotatable bonds is 5. The lowest BCUT2D eigenvalue weighted by atomic mass is 10.1. The molecule has 0 atom stereocenters. The number of aromatic nitrogens is 3. The molecule has 0 fully saturated rings. The van der Waals surface area contributed by atoms with Crippen molar-refractivity contribution in [2.24, 2.45) is 5.73 Å². The summed E-state index contributed by atoms with van der Waals surface area (Å²) < 4.78 is 5.39. The molecule has 1 amide bonds. The van der Waals surface area contributed by atoms with Crippen molar-refractivity contribution < 1.29 is 9.21 Å². The van der Waals surface area contributed by atoms with Gasteiger partial charge in [0.15, 0.2) is 11.6 Å². The standard InChI is InChI=1S/C16H14N4O2/c17-15(21)6-5-12-9-13(14-4-2-8-22-14)20-16(19-12)11-3-1-7-18-10-11/h1-4,7-10H,5-6H2,(H2,17,21). The van der Waals surface area contributed by atoms with Crippen LogP contribution >= 0.6 is 0 Å². The number of furan rings is 1. The third kappa shape index (κ3) is 3.17. The minimum Gasteiger partial charge on any atom is -0.463 e. The van der Waals surface area contributed by atoms with E-state index in [2.05, 4.69) is 15.0 Å². The Labute approximate surface area is 127 Å². The Kier molecular flexibility index (Phi) is 3.91. The Morgan fingerprint density at radius 2 is 2.14 bits per heavy atom. The van der Waals surface area contributed by atoms with Gasteiger partial charge in [-0.1, -0.05) is 0 Å². The highest BCUT2D eigenvalue weighted by atomic mass is 16.3. The minimum atomic E-state index is -0.360. The van der Waals surface area contributed by atoms with Crippen molar-refractivity contribution in [2.75, 3.05) is 0 Å². The zero-order valence-electron chi connectivity index (χ0n) is 11.8. The lowest BCUT2D eigenvalue weighted by Gasteiger charge is -2.06. The van der Waals surface area contributed by atoms with E-state index in [1.54, 1.807) is 24.7 Å². The Bertz CT molecular complexity index is 770. The van der Waals surface area contributed by atoms with Gasteiger partial charge in [0, 0.05) is 30.1 Å². The van der Waals surface area contributed by atoms with E-state index in [1.165, 1.54) is 0 Å². The van der Waals surface area contributed by atoms with E-state index in [4.69, 9.17) is 10.2 Å². The van der Waals surface area contributed by atoms with Crippen LogP contribution in [0.1, 0.15) is 12.1 Å². The highest BCUT2D eigenvalue weighted by Gasteiger charge is 2.11. The van der Waals surface area contributed by atoms with Crippen LogP contribution in [-0.4, -0.2) is 20.9 Å². The van der Waals surface area contributed by atoms with Crippen molar-refractivity contribution in [2.45, 2.75) is 12.8 Å². The van der Waals surface area contributed by atoms with Crippen LogP contribution in [0.25, 0.3) is 22.8 Å². The molecule has 0 saturated carbocycles. The van der Waals surface area contributed by atoms with Crippen LogP contribution in [0.3, 0.4) is 0 Å². The van der Waals surface area contributed by atoms with Crippen molar-refractivity contribution in [1.82, 2.24) is 15.0 Å². The van der Waals surface area contributed by atoms with Crippen molar-refractivity contribution in [3.8, 4) is 22.8 Å². The van der Waals surface area contributed by atoms with E-state index in [0.29, 0.717) is 23.7 Å². The van der Waals surface area contributed by atoms with Crippen LogP contribution in [0.5, 0.6) is 0 Å². The molecule has 0 unspecified atom stereocenters. The van der Waals surface area contributed by atoms with Gasteiger partial charge in [0.2, 0.25) is 5.91 Å². The van der Waals surface area contributed by atoms with Gasteiger partial charge in [0.25, 0.3) is 0 Å². The van der Waals surface area contributed by atoms with Gasteiger partial charge in [0.05, 0.1) is 6.26 Å². The Morgan fingerprint density at radius 3 is 2.82 bits per heavy atom. The topological polar surface area (TPSA) is 94.9 Å². The molecule has 3 aromatic heterocycles. The highest BCUT2D eigenvalue weighted by molar-refractivity contribution is 5.74. The van der Waals surface area contributed by atoms with Crippen LogP contribution in [-0.2, 0) is 11.2 Å². The fourth-order valence-corrected chi connectivity index (χ4v) is 2.05. The lowest BCUT2D eigenvalue weighted by Crippen LogP contribution is -2.12. The number of amides is 1.